The van der Waals surface area contributed by atoms with Gasteiger partial charge >= 0.3 is 11.9 Å². The van der Waals surface area contributed by atoms with Crippen LogP contribution in [0.25, 0.3) is 0 Å². The predicted molar refractivity (Wildman–Crippen MR) is 76.1 cm³/mol. The molecule has 5 nitrogen and oxygen atoms in total. The molecule has 1 aromatic carbocycles. The van der Waals surface area contributed by atoms with Crippen LogP contribution in [0.15, 0.2) is 24.3 Å². The van der Waals surface area contributed by atoms with Crippen LogP contribution in [-0.4, -0.2) is 30.8 Å². The zero-order valence-corrected chi connectivity index (χ0v) is 12.5. The molecule has 0 unspecified atom stereocenters. The summed E-state index contributed by atoms with van der Waals surface area (Å²) in [7, 11) is 0. The van der Waals surface area contributed by atoms with E-state index in [1.165, 1.54) is 0 Å². The van der Waals surface area contributed by atoms with Crippen LogP contribution >= 0.6 is 0 Å². The van der Waals surface area contributed by atoms with Crippen molar-refractivity contribution in [2.24, 2.45) is 0 Å². The molecule has 0 aromatic heterocycles. The lowest BCUT2D eigenvalue weighted by Gasteiger charge is -2.27. The maximum absolute atomic E-state index is 12.3. The molecule has 2 atom stereocenters. The minimum absolute atomic E-state index is 0.0835. The zero-order valence-electron chi connectivity index (χ0n) is 12.5. The lowest BCUT2D eigenvalue weighted by molar-refractivity contribution is -0.161. The average molecular weight is 292 g/mol. The third-order valence-corrected chi connectivity index (χ3v) is 3.64. The molecular weight excluding hydrogens is 272 g/mol. The van der Waals surface area contributed by atoms with Gasteiger partial charge in [-0.15, -0.1) is 0 Å². The summed E-state index contributed by atoms with van der Waals surface area (Å²) in [6, 6.07) is 7.34. The second-order valence-electron chi connectivity index (χ2n) is 5.03. The molecule has 0 aliphatic carbocycles. The van der Waals surface area contributed by atoms with Crippen molar-refractivity contribution in [1.29, 1.82) is 0 Å². The molecule has 1 heterocycles. The Morgan fingerprint density at radius 2 is 1.86 bits per heavy atom. The summed E-state index contributed by atoms with van der Waals surface area (Å²) < 4.78 is 15.9. The van der Waals surface area contributed by atoms with E-state index in [0.29, 0.717) is 12.4 Å². The average Bonchev–Trinajstić information content (AvgIpc) is 2.74. The van der Waals surface area contributed by atoms with E-state index in [1.807, 2.05) is 18.2 Å². The van der Waals surface area contributed by atoms with Crippen molar-refractivity contribution in [2.45, 2.75) is 38.7 Å². The molecule has 5 heteroatoms. The molecule has 0 radical (unpaired) electrons. The second-order valence-corrected chi connectivity index (χ2v) is 5.03. The quantitative estimate of drug-likeness (QED) is 0.780. The number of carbonyl (C=O) groups excluding carboxylic acids is 2. The molecule has 0 fully saturated rings. The summed E-state index contributed by atoms with van der Waals surface area (Å²) in [5.41, 5.74) is -0.368. The highest BCUT2D eigenvalue weighted by molar-refractivity contribution is 5.84. The Balaban J connectivity index is 2.33. The van der Waals surface area contributed by atoms with E-state index in [0.717, 1.165) is 5.56 Å². The Bertz CT molecular complexity index is 539. The number of para-hydroxylation sites is 1. The summed E-state index contributed by atoms with van der Waals surface area (Å²) in [6.45, 7) is 5.73. The van der Waals surface area contributed by atoms with E-state index in [4.69, 9.17) is 14.2 Å². The molecule has 1 aromatic rings. The molecule has 0 bridgehead atoms. The number of hydrogen-bond acceptors (Lipinski definition) is 5. The molecule has 2 rings (SSSR count). The molecule has 0 saturated carbocycles. The maximum atomic E-state index is 12.3. The lowest BCUT2D eigenvalue weighted by Crippen LogP contribution is -2.45. The molecule has 1 aliphatic heterocycles. The van der Waals surface area contributed by atoms with Gasteiger partial charge in [0.25, 0.3) is 0 Å². The van der Waals surface area contributed by atoms with E-state index in [-0.39, 0.29) is 19.0 Å². The number of benzene rings is 1. The highest BCUT2D eigenvalue weighted by Gasteiger charge is 2.52. The fraction of sp³-hybridized carbons (Fsp3) is 0.500. The number of esters is 2. The van der Waals surface area contributed by atoms with Crippen LogP contribution in [0.4, 0.5) is 0 Å². The molecule has 0 N–H and O–H groups in total. The van der Waals surface area contributed by atoms with Gasteiger partial charge in [-0.3, -0.25) is 4.79 Å². The first kappa shape index (κ1) is 15.4. The first-order valence-corrected chi connectivity index (χ1v) is 7.13. The van der Waals surface area contributed by atoms with Gasteiger partial charge in [-0.05, 0) is 26.8 Å². The van der Waals surface area contributed by atoms with Crippen molar-refractivity contribution in [3.63, 3.8) is 0 Å². The summed E-state index contributed by atoms with van der Waals surface area (Å²) in [5, 5.41) is 0. The van der Waals surface area contributed by atoms with E-state index < -0.39 is 17.5 Å². The van der Waals surface area contributed by atoms with Gasteiger partial charge in [0.1, 0.15) is 5.75 Å². The topological polar surface area (TPSA) is 61.8 Å². The number of ether oxygens (including phenoxy) is 3. The van der Waals surface area contributed by atoms with Crippen LogP contribution in [0.5, 0.6) is 5.75 Å². The van der Waals surface area contributed by atoms with Crippen molar-refractivity contribution in [2.75, 3.05) is 13.2 Å². The minimum atomic E-state index is -1.20. The van der Waals surface area contributed by atoms with Crippen molar-refractivity contribution in [3.8, 4) is 5.75 Å². The van der Waals surface area contributed by atoms with Crippen molar-refractivity contribution in [3.05, 3.63) is 29.8 Å². The third kappa shape index (κ3) is 2.86. The predicted octanol–water partition coefficient (Wildman–Crippen LogP) is 2.44. The molecule has 0 spiro atoms. The molecule has 114 valence electrons. The third-order valence-electron chi connectivity index (χ3n) is 3.64. The SMILES string of the molecule is CCOC(=O)C[C@H]1c2ccccc2O[C@@]1(C)C(=O)OCC. The number of fused-ring (bicyclic) bond motifs is 1. The Morgan fingerprint density at radius 3 is 2.52 bits per heavy atom. The van der Waals surface area contributed by atoms with Crippen LogP contribution in [0.3, 0.4) is 0 Å². The molecule has 1 aliphatic rings. The van der Waals surface area contributed by atoms with Crippen molar-refractivity contribution < 1.29 is 23.8 Å². The first-order chi connectivity index (χ1) is 10.0. The second kappa shape index (κ2) is 6.16. The van der Waals surface area contributed by atoms with Crippen LogP contribution < -0.4 is 4.74 Å². The van der Waals surface area contributed by atoms with E-state index in [1.54, 1.807) is 26.8 Å². The normalized spacial score (nSPS) is 23.1. The monoisotopic (exact) mass is 292 g/mol. The maximum Gasteiger partial charge on any atom is 0.350 e. The standard InChI is InChI=1S/C16H20O5/c1-4-19-14(17)10-12-11-8-6-7-9-13(11)21-16(12,3)15(18)20-5-2/h6-9,12H,4-5,10H2,1-3H3/t12-,16+/m0/s1. The van der Waals surface area contributed by atoms with Crippen LogP contribution in [-0.2, 0) is 19.1 Å². The zero-order chi connectivity index (χ0) is 15.5. The number of rotatable bonds is 5. The van der Waals surface area contributed by atoms with Crippen LogP contribution in [0.2, 0.25) is 0 Å². The summed E-state index contributed by atoms with van der Waals surface area (Å²) in [5.74, 6) is -0.608. The van der Waals surface area contributed by atoms with Gasteiger partial charge in [-0.25, -0.2) is 4.79 Å². The summed E-state index contributed by atoms with van der Waals surface area (Å²) in [6.07, 6.45) is 0.0835. The highest BCUT2D eigenvalue weighted by atomic mass is 16.6. The minimum Gasteiger partial charge on any atom is -0.475 e. The Labute approximate surface area is 124 Å². The van der Waals surface area contributed by atoms with Gasteiger partial charge in [-0.1, -0.05) is 18.2 Å². The van der Waals surface area contributed by atoms with E-state index >= 15 is 0 Å². The van der Waals surface area contributed by atoms with Crippen LogP contribution in [0.1, 0.15) is 38.7 Å². The number of hydrogen-bond donors (Lipinski definition) is 0. The Morgan fingerprint density at radius 1 is 1.19 bits per heavy atom. The van der Waals surface area contributed by atoms with E-state index in [9.17, 15) is 9.59 Å². The summed E-state index contributed by atoms with van der Waals surface area (Å²) >= 11 is 0. The van der Waals surface area contributed by atoms with Gasteiger partial charge in [0.15, 0.2) is 0 Å². The van der Waals surface area contributed by atoms with Crippen molar-refractivity contribution in [1.82, 2.24) is 0 Å². The largest absolute Gasteiger partial charge is 0.475 e. The van der Waals surface area contributed by atoms with Gasteiger partial charge < -0.3 is 14.2 Å². The van der Waals surface area contributed by atoms with Gasteiger partial charge in [0.05, 0.1) is 19.6 Å². The Hall–Kier alpha value is -2.04. The smallest absolute Gasteiger partial charge is 0.350 e. The molecular formula is C16H20O5. The fourth-order valence-corrected chi connectivity index (χ4v) is 2.61. The molecule has 21 heavy (non-hydrogen) atoms. The lowest BCUT2D eigenvalue weighted by atomic mass is 9.83. The first-order valence-electron chi connectivity index (χ1n) is 7.13. The van der Waals surface area contributed by atoms with E-state index in [2.05, 4.69) is 0 Å². The van der Waals surface area contributed by atoms with Gasteiger partial charge in [0.2, 0.25) is 5.60 Å². The van der Waals surface area contributed by atoms with Crippen LogP contribution in [0, 0.1) is 0 Å². The summed E-state index contributed by atoms with van der Waals surface area (Å²) in [4.78, 5) is 24.1. The van der Waals surface area contributed by atoms with Crippen molar-refractivity contribution >= 4 is 11.9 Å². The number of carbonyl (C=O) groups is 2. The van der Waals surface area contributed by atoms with Gasteiger partial charge in [-0.2, -0.15) is 0 Å². The van der Waals surface area contributed by atoms with Gasteiger partial charge in [0, 0.05) is 11.5 Å². The Kier molecular flexibility index (Phi) is 4.50. The highest BCUT2D eigenvalue weighted by Crippen LogP contribution is 2.47. The fourth-order valence-electron chi connectivity index (χ4n) is 2.61. The molecule has 0 saturated heterocycles. The molecule has 0 amide bonds.